The third-order valence-corrected chi connectivity index (χ3v) is 5.05. The molecular weight excluding hydrogens is 250 g/mol. The molecule has 0 aromatic carbocycles. The molecule has 4 nitrogen and oxygen atoms in total. The van der Waals surface area contributed by atoms with Gasteiger partial charge in [-0.2, -0.15) is 0 Å². The van der Waals surface area contributed by atoms with Crippen LogP contribution in [-0.2, 0) is 6.42 Å². The van der Waals surface area contributed by atoms with E-state index < -0.39 is 0 Å². The van der Waals surface area contributed by atoms with Crippen molar-refractivity contribution in [2.24, 2.45) is 0 Å². The highest BCUT2D eigenvalue weighted by atomic mass is 16.1. The van der Waals surface area contributed by atoms with Crippen LogP contribution in [0.15, 0.2) is 16.9 Å². The Labute approximate surface area is 119 Å². The van der Waals surface area contributed by atoms with Crippen molar-refractivity contribution in [2.75, 3.05) is 13.1 Å². The summed E-state index contributed by atoms with van der Waals surface area (Å²) >= 11 is 0. The number of aryl methyl sites for hydroxylation is 1. The lowest BCUT2D eigenvalue weighted by molar-refractivity contribution is 0.308. The number of nitrogens with zero attached hydrogens (tertiary/aromatic N) is 1. The minimum atomic E-state index is 0.0326. The molecule has 2 atom stereocenters. The maximum Gasteiger partial charge on any atom is 0.248 e. The van der Waals surface area contributed by atoms with Crippen molar-refractivity contribution >= 4 is 0 Å². The van der Waals surface area contributed by atoms with Gasteiger partial charge >= 0.3 is 0 Å². The van der Waals surface area contributed by atoms with Crippen LogP contribution in [0, 0.1) is 0 Å². The van der Waals surface area contributed by atoms with E-state index in [0.29, 0.717) is 12.1 Å². The molecular formula is C16H23N3O. The molecule has 1 aromatic rings. The highest BCUT2D eigenvalue weighted by molar-refractivity contribution is 5.26. The van der Waals surface area contributed by atoms with E-state index in [9.17, 15) is 4.79 Å². The fourth-order valence-electron chi connectivity index (χ4n) is 3.85. The zero-order valence-corrected chi connectivity index (χ0v) is 11.9. The first-order valence-corrected chi connectivity index (χ1v) is 8.02. The molecule has 20 heavy (non-hydrogen) atoms. The van der Waals surface area contributed by atoms with Crippen molar-refractivity contribution in [1.82, 2.24) is 15.2 Å². The van der Waals surface area contributed by atoms with Crippen molar-refractivity contribution in [3.8, 4) is 0 Å². The summed E-state index contributed by atoms with van der Waals surface area (Å²) in [5.74, 6) is 0. The highest BCUT2D eigenvalue weighted by Crippen LogP contribution is 2.32. The number of hydrogen-bond acceptors (Lipinski definition) is 3. The first-order chi connectivity index (χ1) is 9.79. The predicted octanol–water partition coefficient (Wildman–Crippen LogP) is 1.58. The fraction of sp³-hybridized carbons (Fsp3) is 0.688. The van der Waals surface area contributed by atoms with Gasteiger partial charge in [-0.25, -0.2) is 0 Å². The SMILES string of the molecule is O=c1ccc2c([nH]1)CCCC2NC1CCN(C2CC2)C1. The van der Waals surface area contributed by atoms with Gasteiger partial charge in [0.25, 0.3) is 0 Å². The number of hydrogen-bond donors (Lipinski definition) is 2. The van der Waals surface area contributed by atoms with E-state index in [1.807, 2.05) is 6.07 Å². The summed E-state index contributed by atoms with van der Waals surface area (Å²) in [5.41, 5.74) is 2.50. The first-order valence-electron chi connectivity index (χ1n) is 8.02. The third kappa shape index (κ3) is 2.42. The van der Waals surface area contributed by atoms with Crippen molar-refractivity contribution < 1.29 is 0 Å². The topological polar surface area (TPSA) is 48.1 Å². The minimum Gasteiger partial charge on any atom is -0.326 e. The van der Waals surface area contributed by atoms with E-state index in [4.69, 9.17) is 0 Å². The van der Waals surface area contributed by atoms with Crippen molar-refractivity contribution in [3.63, 3.8) is 0 Å². The molecule has 2 heterocycles. The smallest absolute Gasteiger partial charge is 0.248 e. The largest absolute Gasteiger partial charge is 0.326 e. The molecule has 0 bridgehead atoms. The van der Waals surface area contributed by atoms with Crippen LogP contribution in [0.25, 0.3) is 0 Å². The van der Waals surface area contributed by atoms with Gasteiger partial charge in [-0.1, -0.05) is 6.07 Å². The summed E-state index contributed by atoms with van der Waals surface area (Å²) in [6, 6.07) is 5.64. The van der Waals surface area contributed by atoms with Gasteiger partial charge in [0.05, 0.1) is 0 Å². The molecule has 4 rings (SSSR count). The van der Waals surface area contributed by atoms with Gasteiger partial charge in [-0.15, -0.1) is 0 Å². The van der Waals surface area contributed by atoms with Crippen LogP contribution in [0.5, 0.6) is 0 Å². The summed E-state index contributed by atoms with van der Waals surface area (Å²) in [6.45, 7) is 2.47. The fourth-order valence-corrected chi connectivity index (χ4v) is 3.85. The average molecular weight is 273 g/mol. The second kappa shape index (κ2) is 5.01. The lowest BCUT2D eigenvalue weighted by Gasteiger charge is -2.29. The summed E-state index contributed by atoms with van der Waals surface area (Å²) in [6.07, 6.45) is 7.46. The molecule has 1 saturated carbocycles. The van der Waals surface area contributed by atoms with Gasteiger partial charge in [-0.3, -0.25) is 9.69 Å². The lowest BCUT2D eigenvalue weighted by atomic mass is 9.90. The molecule has 2 unspecified atom stereocenters. The van der Waals surface area contributed by atoms with Crippen molar-refractivity contribution in [3.05, 3.63) is 33.7 Å². The number of aromatic amines is 1. The molecule has 0 spiro atoms. The summed E-state index contributed by atoms with van der Waals surface area (Å²) in [4.78, 5) is 17.1. The van der Waals surface area contributed by atoms with Gasteiger partial charge in [0, 0.05) is 43.0 Å². The highest BCUT2D eigenvalue weighted by Gasteiger charge is 2.35. The number of H-pyrrole nitrogens is 1. The predicted molar refractivity (Wildman–Crippen MR) is 78.9 cm³/mol. The molecule has 1 aromatic heterocycles. The Balaban J connectivity index is 1.46. The molecule has 4 heteroatoms. The zero-order valence-electron chi connectivity index (χ0n) is 11.9. The molecule has 2 N–H and O–H groups in total. The van der Waals surface area contributed by atoms with Crippen LogP contribution >= 0.6 is 0 Å². The van der Waals surface area contributed by atoms with E-state index in [2.05, 4.69) is 15.2 Å². The third-order valence-electron chi connectivity index (χ3n) is 5.05. The number of rotatable bonds is 3. The van der Waals surface area contributed by atoms with Crippen LogP contribution < -0.4 is 10.9 Å². The Morgan fingerprint density at radius 1 is 1.20 bits per heavy atom. The molecule has 1 saturated heterocycles. The van der Waals surface area contributed by atoms with E-state index >= 15 is 0 Å². The maximum absolute atomic E-state index is 11.4. The summed E-state index contributed by atoms with van der Waals surface area (Å²) < 4.78 is 0. The van der Waals surface area contributed by atoms with Crippen LogP contribution in [-0.4, -0.2) is 35.1 Å². The van der Waals surface area contributed by atoms with Gasteiger partial charge in [0.2, 0.25) is 5.56 Å². The Morgan fingerprint density at radius 3 is 2.95 bits per heavy atom. The molecule has 0 amide bonds. The monoisotopic (exact) mass is 273 g/mol. The standard InChI is InChI=1S/C16H23N3O/c20-16-7-6-13-14(2-1-3-15(13)18-16)17-11-8-9-19(10-11)12-4-5-12/h6-7,11-12,14,17H,1-5,8-10H2,(H,18,20). The van der Waals surface area contributed by atoms with Gasteiger partial charge < -0.3 is 10.3 Å². The van der Waals surface area contributed by atoms with Crippen LogP contribution in [0.4, 0.5) is 0 Å². The van der Waals surface area contributed by atoms with E-state index in [1.54, 1.807) is 6.07 Å². The Hall–Kier alpha value is -1.13. The van der Waals surface area contributed by atoms with Crippen molar-refractivity contribution in [2.45, 2.75) is 56.7 Å². The number of likely N-dealkylation sites (tertiary alicyclic amines) is 1. The molecule has 0 radical (unpaired) electrons. The second-order valence-corrected chi connectivity index (χ2v) is 6.58. The molecule has 1 aliphatic heterocycles. The number of nitrogens with one attached hydrogen (secondary N) is 2. The van der Waals surface area contributed by atoms with Crippen molar-refractivity contribution in [1.29, 1.82) is 0 Å². The quantitative estimate of drug-likeness (QED) is 0.879. The van der Waals surface area contributed by atoms with E-state index in [1.165, 1.54) is 50.8 Å². The first kappa shape index (κ1) is 12.6. The molecule has 2 fully saturated rings. The molecule has 3 aliphatic rings. The number of aromatic nitrogens is 1. The van der Waals surface area contributed by atoms with E-state index in [0.717, 1.165) is 18.2 Å². The molecule has 2 aliphatic carbocycles. The lowest BCUT2D eigenvalue weighted by Crippen LogP contribution is -2.37. The maximum atomic E-state index is 11.4. The zero-order chi connectivity index (χ0) is 13.5. The van der Waals surface area contributed by atoms with Crippen LogP contribution in [0.2, 0.25) is 0 Å². The van der Waals surface area contributed by atoms with Gasteiger partial charge in [0.15, 0.2) is 0 Å². The van der Waals surface area contributed by atoms with Gasteiger partial charge in [-0.05, 0) is 44.1 Å². The number of pyridine rings is 1. The summed E-state index contributed by atoms with van der Waals surface area (Å²) in [7, 11) is 0. The second-order valence-electron chi connectivity index (χ2n) is 6.58. The average Bonchev–Trinajstić information content (AvgIpc) is 3.19. The van der Waals surface area contributed by atoms with Gasteiger partial charge in [0.1, 0.15) is 0 Å². The minimum absolute atomic E-state index is 0.0326. The van der Waals surface area contributed by atoms with Crippen LogP contribution in [0.1, 0.15) is 49.4 Å². The Kier molecular flexibility index (Phi) is 3.15. The summed E-state index contributed by atoms with van der Waals surface area (Å²) in [5, 5.41) is 3.84. The Morgan fingerprint density at radius 2 is 2.10 bits per heavy atom. The molecule has 108 valence electrons. The normalized spacial score (nSPS) is 30.4. The Bertz CT molecular complexity index is 549. The van der Waals surface area contributed by atoms with E-state index in [-0.39, 0.29) is 5.56 Å². The number of fused-ring (bicyclic) bond motifs is 1. The van der Waals surface area contributed by atoms with Crippen LogP contribution in [0.3, 0.4) is 0 Å².